The predicted molar refractivity (Wildman–Crippen MR) is 53.2 cm³/mol. The van der Waals surface area contributed by atoms with Gasteiger partial charge in [0.25, 0.3) is 0 Å². The summed E-state index contributed by atoms with van der Waals surface area (Å²) >= 11 is 0. The summed E-state index contributed by atoms with van der Waals surface area (Å²) in [5, 5.41) is 0. The minimum absolute atomic E-state index is 0.832. The van der Waals surface area contributed by atoms with Crippen molar-refractivity contribution in [3.8, 4) is 0 Å². The van der Waals surface area contributed by atoms with E-state index in [4.69, 9.17) is 0 Å². The van der Waals surface area contributed by atoms with Gasteiger partial charge in [0.1, 0.15) is 0 Å². The van der Waals surface area contributed by atoms with Gasteiger partial charge in [-0.15, -0.1) is 0 Å². The van der Waals surface area contributed by atoms with E-state index < -0.39 is 0 Å². The molecule has 0 amide bonds. The number of quaternary nitrogens is 1. The smallest absolute Gasteiger partial charge is 0.0916 e. The van der Waals surface area contributed by atoms with E-state index in [9.17, 15) is 0 Å². The molecule has 2 nitrogen and oxygen atoms in total. The molecule has 0 aliphatic carbocycles. The van der Waals surface area contributed by atoms with Crippen molar-refractivity contribution < 1.29 is 4.48 Å². The summed E-state index contributed by atoms with van der Waals surface area (Å²) in [4.78, 5) is 2.43. The lowest BCUT2D eigenvalue weighted by Gasteiger charge is -2.45. The Hall–Kier alpha value is -0.0800. The molecule has 1 saturated heterocycles. The molecule has 1 fully saturated rings. The molecular formula is C10H23N2+. The van der Waals surface area contributed by atoms with Crippen molar-refractivity contribution in [1.82, 2.24) is 4.90 Å². The van der Waals surface area contributed by atoms with Crippen molar-refractivity contribution in [2.45, 2.75) is 26.3 Å². The number of nitrogens with zero attached hydrogens (tertiary/aromatic N) is 2. The largest absolute Gasteiger partial charge is 0.322 e. The Labute approximate surface area is 76.7 Å². The lowest BCUT2D eigenvalue weighted by atomic mass is 10.1. The standard InChI is InChI=1S/C10H23N2/c1-5-10(2)12(4)8-6-11(3)7-9-12/h10H,5-9H2,1-4H3/q+1. The first-order valence-corrected chi connectivity index (χ1v) is 5.11. The molecule has 0 saturated carbocycles. The van der Waals surface area contributed by atoms with E-state index in [1.807, 2.05) is 0 Å². The Morgan fingerprint density at radius 1 is 1.33 bits per heavy atom. The first-order valence-electron chi connectivity index (χ1n) is 5.11. The van der Waals surface area contributed by atoms with Crippen molar-refractivity contribution in [1.29, 1.82) is 0 Å². The second kappa shape index (κ2) is 3.75. The molecule has 1 heterocycles. The highest BCUT2D eigenvalue weighted by Crippen LogP contribution is 2.16. The highest BCUT2D eigenvalue weighted by Gasteiger charge is 2.31. The lowest BCUT2D eigenvalue weighted by Crippen LogP contribution is -2.60. The van der Waals surface area contributed by atoms with Crippen LogP contribution in [-0.2, 0) is 0 Å². The number of piperazine rings is 1. The Bertz CT molecular complexity index is 137. The Morgan fingerprint density at radius 2 is 1.83 bits per heavy atom. The van der Waals surface area contributed by atoms with Crippen molar-refractivity contribution >= 4 is 0 Å². The van der Waals surface area contributed by atoms with Crippen LogP contribution in [0.2, 0.25) is 0 Å². The molecule has 0 bridgehead atoms. The van der Waals surface area contributed by atoms with Crippen molar-refractivity contribution in [2.75, 3.05) is 40.3 Å². The van der Waals surface area contributed by atoms with Crippen LogP contribution in [0, 0.1) is 0 Å². The van der Waals surface area contributed by atoms with Crippen LogP contribution in [0.5, 0.6) is 0 Å². The zero-order chi connectivity index (χ0) is 9.19. The first kappa shape index (κ1) is 10.0. The first-order chi connectivity index (χ1) is 5.58. The zero-order valence-corrected chi connectivity index (χ0v) is 9.01. The molecular weight excluding hydrogens is 148 g/mol. The van der Waals surface area contributed by atoms with E-state index in [0.29, 0.717) is 0 Å². The van der Waals surface area contributed by atoms with Gasteiger partial charge in [-0.1, -0.05) is 6.92 Å². The van der Waals surface area contributed by atoms with Crippen molar-refractivity contribution in [3.63, 3.8) is 0 Å². The average Bonchev–Trinajstić information content (AvgIpc) is 2.09. The molecule has 1 unspecified atom stereocenters. The molecule has 0 N–H and O–H groups in total. The molecule has 72 valence electrons. The van der Waals surface area contributed by atoms with E-state index in [2.05, 4.69) is 32.8 Å². The highest BCUT2D eigenvalue weighted by molar-refractivity contribution is 4.61. The maximum atomic E-state index is 2.43. The van der Waals surface area contributed by atoms with Gasteiger partial charge in [-0.05, 0) is 20.4 Å². The van der Waals surface area contributed by atoms with Gasteiger partial charge >= 0.3 is 0 Å². The molecule has 0 aromatic heterocycles. The van der Waals surface area contributed by atoms with Gasteiger partial charge in [-0.3, -0.25) is 4.90 Å². The minimum Gasteiger partial charge on any atom is -0.322 e. The topological polar surface area (TPSA) is 3.24 Å². The summed E-state index contributed by atoms with van der Waals surface area (Å²) in [5.41, 5.74) is 0. The van der Waals surface area contributed by atoms with Crippen LogP contribution in [0.4, 0.5) is 0 Å². The monoisotopic (exact) mass is 171 g/mol. The second-order valence-corrected chi connectivity index (χ2v) is 4.49. The SMILES string of the molecule is CCC(C)[N+]1(C)CCN(C)CC1. The van der Waals surface area contributed by atoms with Gasteiger partial charge < -0.3 is 4.48 Å². The van der Waals surface area contributed by atoms with Gasteiger partial charge in [-0.25, -0.2) is 0 Å². The molecule has 1 atom stereocenters. The van der Waals surface area contributed by atoms with Gasteiger partial charge in [0, 0.05) is 13.1 Å². The van der Waals surface area contributed by atoms with E-state index >= 15 is 0 Å². The molecule has 0 spiro atoms. The second-order valence-electron chi connectivity index (χ2n) is 4.49. The summed E-state index contributed by atoms with van der Waals surface area (Å²) in [6.45, 7) is 9.86. The quantitative estimate of drug-likeness (QED) is 0.564. The third-order valence-corrected chi connectivity index (χ3v) is 3.64. The van der Waals surface area contributed by atoms with Crippen LogP contribution >= 0.6 is 0 Å². The zero-order valence-electron chi connectivity index (χ0n) is 9.01. The fraction of sp³-hybridized carbons (Fsp3) is 1.00. The Kier molecular flexibility index (Phi) is 3.13. The number of hydrogen-bond donors (Lipinski definition) is 0. The summed E-state index contributed by atoms with van der Waals surface area (Å²) in [6, 6.07) is 0.832. The number of hydrogen-bond acceptors (Lipinski definition) is 1. The van der Waals surface area contributed by atoms with Gasteiger partial charge in [0.15, 0.2) is 0 Å². The fourth-order valence-electron chi connectivity index (χ4n) is 1.90. The van der Waals surface area contributed by atoms with E-state index in [1.165, 1.54) is 37.1 Å². The van der Waals surface area contributed by atoms with E-state index in [1.54, 1.807) is 0 Å². The summed E-state index contributed by atoms with van der Waals surface area (Å²) in [5.74, 6) is 0. The van der Waals surface area contributed by atoms with E-state index in [0.717, 1.165) is 6.04 Å². The lowest BCUT2D eigenvalue weighted by molar-refractivity contribution is -0.935. The summed E-state index contributed by atoms with van der Waals surface area (Å²) < 4.78 is 1.28. The molecule has 2 heteroatoms. The van der Waals surface area contributed by atoms with Gasteiger partial charge in [0.05, 0.1) is 26.2 Å². The summed E-state index contributed by atoms with van der Waals surface area (Å²) in [6.07, 6.45) is 1.31. The molecule has 12 heavy (non-hydrogen) atoms. The highest BCUT2D eigenvalue weighted by atomic mass is 15.4. The number of likely N-dealkylation sites (N-methyl/N-ethyl adjacent to an activating group) is 2. The third kappa shape index (κ3) is 1.99. The fourth-order valence-corrected chi connectivity index (χ4v) is 1.90. The van der Waals surface area contributed by atoms with Crippen LogP contribution < -0.4 is 0 Å². The van der Waals surface area contributed by atoms with Crippen molar-refractivity contribution in [3.05, 3.63) is 0 Å². The van der Waals surface area contributed by atoms with Crippen LogP contribution in [0.1, 0.15) is 20.3 Å². The molecule has 0 aromatic carbocycles. The minimum atomic E-state index is 0.832. The van der Waals surface area contributed by atoms with Crippen molar-refractivity contribution in [2.24, 2.45) is 0 Å². The average molecular weight is 171 g/mol. The molecule has 1 aliphatic rings. The van der Waals surface area contributed by atoms with Crippen LogP contribution in [0.15, 0.2) is 0 Å². The van der Waals surface area contributed by atoms with Gasteiger partial charge in [-0.2, -0.15) is 0 Å². The Balaban J connectivity index is 2.49. The molecule has 1 rings (SSSR count). The molecule has 0 radical (unpaired) electrons. The van der Waals surface area contributed by atoms with Crippen LogP contribution in [-0.4, -0.2) is 55.7 Å². The van der Waals surface area contributed by atoms with Crippen LogP contribution in [0.25, 0.3) is 0 Å². The number of rotatable bonds is 2. The van der Waals surface area contributed by atoms with E-state index in [-0.39, 0.29) is 0 Å². The van der Waals surface area contributed by atoms with Gasteiger partial charge in [0.2, 0.25) is 0 Å². The summed E-state index contributed by atoms with van der Waals surface area (Å²) in [7, 11) is 4.63. The predicted octanol–water partition coefficient (Wildman–Crippen LogP) is 1.18. The van der Waals surface area contributed by atoms with Crippen LogP contribution in [0.3, 0.4) is 0 Å². The third-order valence-electron chi connectivity index (χ3n) is 3.64. The maximum absolute atomic E-state index is 2.43. The Morgan fingerprint density at radius 3 is 2.25 bits per heavy atom. The molecule has 1 aliphatic heterocycles. The maximum Gasteiger partial charge on any atom is 0.0916 e. The molecule has 0 aromatic rings. The normalized spacial score (nSPS) is 27.0.